The third-order valence-electron chi connectivity index (χ3n) is 2.91. The molecule has 5 heteroatoms. The minimum absolute atomic E-state index is 0.0210. The van der Waals surface area contributed by atoms with Gasteiger partial charge in [0.1, 0.15) is 0 Å². The number of anilines is 1. The predicted octanol–water partition coefficient (Wildman–Crippen LogP) is 2.41. The lowest BCUT2D eigenvalue weighted by Gasteiger charge is -2.23. The fourth-order valence-electron chi connectivity index (χ4n) is 1.94. The van der Waals surface area contributed by atoms with E-state index >= 15 is 0 Å². The van der Waals surface area contributed by atoms with E-state index in [1.165, 1.54) is 0 Å². The Morgan fingerprint density at radius 3 is 2.70 bits per heavy atom. The molecule has 0 aliphatic heterocycles. The number of nitrogens with one attached hydrogen (secondary N) is 2. The SMILES string of the molecule is CCNC(=O)CN(C)c1ccc(Cl)cc1CNC(C)C. The van der Waals surface area contributed by atoms with E-state index in [0.29, 0.717) is 24.2 Å². The summed E-state index contributed by atoms with van der Waals surface area (Å²) in [6.45, 7) is 7.83. The molecule has 2 N–H and O–H groups in total. The van der Waals surface area contributed by atoms with Crippen molar-refractivity contribution in [3.63, 3.8) is 0 Å². The van der Waals surface area contributed by atoms with Gasteiger partial charge < -0.3 is 15.5 Å². The van der Waals surface area contributed by atoms with E-state index in [2.05, 4.69) is 24.5 Å². The number of rotatable bonds is 7. The van der Waals surface area contributed by atoms with Gasteiger partial charge in [-0.15, -0.1) is 0 Å². The largest absolute Gasteiger partial charge is 0.365 e. The van der Waals surface area contributed by atoms with Gasteiger partial charge in [-0.1, -0.05) is 25.4 Å². The Morgan fingerprint density at radius 1 is 1.40 bits per heavy atom. The number of halogens is 1. The van der Waals surface area contributed by atoms with E-state index in [4.69, 9.17) is 11.6 Å². The third-order valence-corrected chi connectivity index (χ3v) is 3.14. The highest BCUT2D eigenvalue weighted by Gasteiger charge is 2.11. The van der Waals surface area contributed by atoms with Crippen LogP contribution in [0.4, 0.5) is 5.69 Å². The molecule has 1 amide bonds. The van der Waals surface area contributed by atoms with Crippen LogP contribution in [0.2, 0.25) is 5.02 Å². The Hall–Kier alpha value is -1.26. The van der Waals surface area contributed by atoms with Crippen molar-refractivity contribution in [2.45, 2.75) is 33.4 Å². The lowest BCUT2D eigenvalue weighted by Crippen LogP contribution is -2.35. The molecule has 0 unspecified atom stereocenters. The number of carbonyl (C=O) groups is 1. The molecule has 0 heterocycles. The summed E-state index contributed by atoms with van der Waals surface area (Å²) in [5.41, 5.74) is 2.12. The standard InChI is InChI=1S/C15H24ClN3O/c1-5-17-15(20)10-19(4)14-7-6-13(16)8-12(14)9-18-11(2)3/h6-8,11,18H,5,9-10H2,1-4H3,(H,17,20). The Bertz CT molecular complexity index is 449. The van der Waals surface area contributed by atoms with Gasteiger partial charge in [-0.05, 0) is 30.7 Å². The highest BCUT2D eigenvalue weighted by molar-refractivity contribution is 6.30. The molecule has 0 aliphatic rings. The van der Waals surface area contributed by atoms with Crippen LogP contribution in [0.1, 0.15) is 26.3 Å². The summed E-state index contributed by atoms with van der Waals surface area (Å²) in [6, 6.07) is 6.15. The summed E-state index contributed by atoms with van der Waals surface area (Å²) in [4.78, 5) is 13.6. The van der Waals surface area contributed by atoms with E-state index in [9.17, 15) is 4.79 Å². The van der Waals surface area contributed by atoms with Gasteiger partial charge in [-0.2, -0.15) is 0 Å². The topological polar surface area (TPSA) is 44.4 Å². The molecule has 0 aromatic heterocycles. The van der Waals surface area contributed by atoms with Gasteiger partial charge in [0.05, 0.1) is 6.54 Å². The van der Waals surface area contributed by atoms with Crippen molar-refractivity contribution in [2.75, 3.05) is 25.0 Å². The second-order valence-corrected chi connectivity index (χ2v) is 5.55. The van der Waals surface area contributed by atoms with Crippen LogP contribution >= 0.6 is 11.6 Å². The summed E-state index contributed by atoms with van der Waals surface area (Å²) in [5, 5.41) is 6.89. The molecular weight excluding hydrogens is 274 g/mol. The first-order chi connectivity index (χ1) is 9.43. The van der Waals surface area contributed by atoms with E-state index < -0.39 is 0 Å². The second kappa shape index (κ2) is 8.12. The molecule has 0 atom stereocenters. The molecular formula is C15H24ClN3O. The molecule has 1 aromatic rings. The zero-order valence-electron chi connectivity index (χ0n) is 12.7. The lowest BCUT2D eigenvalue weighted by molar-refractivity contribution is -0.119. The quantitative estimate of drug-likeness (QED) is 0.812. The molecule has 1 aromatic carbocycles. The summed E-state index contributed by atoms with van der Waals surface area (Å²) in [5.74, 6) is 0.0210. The number of carbonyl (C=O) groups excluding carboxylic acids is 1. The highest BCUT2D eigenvalue weighted by atomic mass is 35.5. The van der Waals surface area contributed by atoms with Crippen LogP contribution < -0.4 is 15.5 Å². The Kier molecular flexibility index (Phi) is 6.82. The Balaban J connectivity index is 2.83. The van der Waals surface area contributed by atoms with Gasteiger partial charge in [0.25, 0.3) is 0 Å². The number of benzene rings is 1. The number of nitrogens with zero attached hydrogens (tertiary/aromatic N) is 1. The van der Waals surface area contributed by atoms with Crippen LogP contribution in [-0.2, 0) is 11.3 Å². The fraction of sp³-hybridized carbons (Fsp3) is 0.533. The van der Waals surface area contributed by atoms with Gasteiger partial charge in [0.2, 0.25) is 5.91 Å². The van der Waals surface area contributed by atoms with Crippen molar-refractivity contribution in [3.05, 3.63) is 28.8 Å². The van der Waals surface area contributed by atoms with Crippen molar-refractivity contribution in [2.24, 2.45) is 0 Å². The van der Waals surface area contributed by atoms with Crippen molar-refractivity contribution < 1.29 is 4.79 Å². The predicted molar refractivity (Wildman–Crippen MR) is 85.4 cm³/mol. The van der Waals surface area contributed by atoms with Crippen molar-refractivity contribution in [1.82, 2.24) is 10.6 Å². The van der Waals surface area contributed by atoms with E-state index in [1.54, 1.807) is 0 Å². The minimum atomic E-state index is 0.0210. The molecule has 0 saturated heterocycles. The maximum Gasteiger partial charge on any atom is 0.239 e. The molecule has 0 fully saturated rings. The summed E-state index contributed by atoms with van der Waals surface area (Å²) in [7, 11) is 1.91. The number of likely N-dealkylation sites (N-methyl/N-ethyl adjacent to an activating group) is 2. The average Bonchev–Trinajstić information content (AvgIpc) is 2.36. The minimum Gasteiger partial charge on any atom is -0.365 e. The Labute approximate surface area is 126 Å². The monoisotopic (exact) mass is 297 g/mol. The van der Waals surface area contributed by atoms with Crippen molar-refractivity contribution in [3.8, 4) is 0 Å². The number of amides is 1. The molecule has 1 rings (SSSR count). The van der Waals surface area contributed by atoms with E-state index in [0.717, 1.165) is 17.8 Å². The van der Waals surface area contributed by atoms with Gasteiger partial charge in [0.15, 0.2) is 0 Å². The van der Waals surface area contributed by atoms with Crippen LogP contribution in [0, 0.1) is 0 Å². The van der Waals surface area contributed by atoms with E-state index in [1.807, 2.05) is 37.1 Å². The maximum absolute atomic E-state index is 11.7. The first-order valence-electron chi connectivity index (χ1n) is 6.93. The maximum atomic E-state index is 11.7. The Morgan fingerprint density at radius 2 is 2.10 bits per heavy atom. The van der Waals surface area contributed by atoms with Crippen LogP contribution in [0.25, 0.3) is 0 Å². The lowest BCUT2D eigenvalue weighted by atomic mass is 10.1. The van der Waals surface area contributed by atoms with E-state index in [-0.39, 0.29) is 5.91 Å². The molecule has 0 saturated carbocycles. The zero-order chi connectivity index (χ0) is 15.1. The smallest absolute Gasteiger partial charge is 0.239 e. The number of hydrogen-bond acceptors (Lipinski definition) is 3. The van der Waals surface area contributed by atoms with Crippen molar-refractivity contribution >= 4 is 23.2 Å². The average molecular weight is 298 g/mol. The molecule has 4 nitrogen and oxygen atoms in total. The van der Waals surface area contributed by atoms with Crippen LogP contribution in [0.15, 0.2) is 18.2 Å². The summed E-state index contributed by atoms with van der Waals surface area (Å²) < 4.78 is 0. The molecule has 0 aliphatic carbocycles. The first-order valence-corrected chi connectivity index (χ1v) is 7.31. The van der Waals surface area contributed by atoms with Crippen molar-refractivity contribution in [1.29, 1.82) is 0 Å². The van der Waals surface area contributed by atoms with Gasteiger partial charge in [-0.25, -0.2) is 0 Å². The molecule has 20 heavy (non-hydrogen) atoms. The zero-order valence-corrected chi connectivity index (χ0v) is 13.4. The molecule has 112 valence electrons. The summed E-state index contributed by atoms with van der Waals surface area (Å²) in [6.07, 6.45) is 0. The van der Waals surface area contributed by atoms with Gasteiger partial charge in [-0.3, -0.25) is 4.79 Å². The second-order valence-electron chi connectivity index (χ2n) is 5.12. The third kappa shape index (κ3) is 5.39. The van der Waals surface area contributed by atoms with Crippen LogP contribution in [0.3, 0.4) is 0 Å². The molecule has 0 bridgehead atoms. The normalized spacial score (nSPS) is 10.7. The first kappa shape index (κ1) is 16.8. The molecule has 0 spiro atoms. The van der Waals surface area contributed by atoms with Gasteiger partial charge >= 0.3 is 0 Å². The summed E-state index contributed by atoms with van der Waals surface area (Å²) >= 11 is 6.07. The van der Waals surface area contributed by atoms with Gasteiger partial charge in [0, 0.05) is 36.9 Å². The molecule has 0 radical (unpaired) electrons. The van der Waals surface area contributed by atoms with Crippen LogP contribution in [0.5, 0.6) is 0 Å². The number of hydrogen-bond donors (Lipinski definition) is 2. The highest BCUT2D eigenvalue weighted by Crippen LogP contribution is 2.23. The van der Waals surface area contributed by atoms with Crippen LogP contribution in [-0.4, -0.2) is 32.1 Å². The fourth-order valence-corrected chi connectivity index (χ4v) is 2.13.